The Morgan fingerprint density at radius 2 is 1.72 bits per heavy atom. The molecule has 0 fully saturated rings. The molecule has 0 spiro atoms. The van der Waals surface area contributed by atoms with Gasteiger partial charge in [0, 0.05) is 11.3 Å². The molecule has 6 nitrogen and oxygen atoms in total. The van der Waals surface area contributed by atoms with Crippen LogP contribution < -0.4 is 5.32 Å². The van der Waals surface area contributed by atoms with Gasteiger partial charge in [-0.05, 0) is 35.7 Å². The highest BCUT2D eigenvalue weighted by molar-refractivity contribution is 7.12. The van der Waals surface area contributed by atoms with Crippen LogP contribution in [0.25, 0.3) is 11.4 Å². The van der Waals surface area contributed by atoms with E-state index in [-0.39, 0.29) is 24.1 Å². The monoisotopic (exact) mass is 422 g/mol. The molecule has 2 aromatic heterocycles. The highest BCUT2D eigenvalue weighted by Gasteiger charge is 2.24. The molecule has 1 N–H and O–H groups in total. The lowest BCUT2D eigenvalue weighted by Crippen LogP contribution is -2.21. The lowest BCUT2D eigenvalue weighted by atomic mass is 10.2. The standard InChI is InChI=1S/C21H15ClN4O2S/c22-16-10-5-4-9-15(16)20-25-24-18(26(20)21(28)17-11-6-12-29-17)13-19(27)23-14-7-2-1-3-8-14/h1-12H,13H2,(H,23,27). The van der Waals surface area contributed by atoms with E-state index in [1.54, 1.807) is 48.5 Å². The first-order chi connectivity index (χ1) is 14.1. The Balaban J connectivity index is 1.71. The van der Waals surface area contributed by atoms with E-state index in [1.165, 1.54) is 15.9 Å². The van der Waals surface area contributed by atoms with Gasteiger partial charge in [-0.2, -0.15) is 0 Å². The van der Waals surface area contributed by atoms with Gasteiger partial charge in [-0.3, -0.25) is 9.59 Å². The number of benzene rings is 2. The van der Waals surface area contributed by atoms with Crippen LogP contribution in [-0.4, -0.2) is 26.6 Å². The van der Waals surface area contributed by atoms with Crippen LogP contribution in [0.1, 0.15) is 15.5 Å². The van der Waals surface area contributed by atoms with Gasteiger partial charge in [-0.15, -0.1) is 21.5 Å². The Bertz CT molecular complexity index is 1160. The van der Waals surface area contributed by atoms with Crippen molar-refractivity contribution < 1.29 is 9.59 Å². The number of nitrogens with one attached hydrogen (secondary N) is 1. The van der Waals surface area contributed by atoms with Crippen molar-refractivity contribution >= 4 is 40.4 Å². The number of hydrogen-bond donors (Lipinski definition) is 1. The van der Waals surface area contributed by atoms with Gasteiger partial charge in [0.1, 0.15) is 5.82 Å². The predicted molar refractivity (Wildman–Crippen MR) is 113 cm³/mol. The van der Waals surface area contributed by atoms with E-state index >= 15 is 0 Å². The van der Waals surface area contributed by atoms with Crippen LogP contribution in [0.3, 0.4) is 0 Å². The Labute approximate surface area is 175 Å². The topological polar surface area (TPSA) is 76.9 Å². The second-order valence-corrected chi connectivity index (χ2v) is 7.48. The maximum absolute atomic E-state index is 13.2. The van der Waals surface area contributed by atoms with E-state index in [4.69, 9.17) is 11.6 Å². The molecule has 144 valence electrons. The predicted octanol–water partition coefficient (Wildman–Crippen LogP) is 4.53. The number of hydrogen-bond acceptors (Lipinski definition) is 5. The molecule has 0 radical (unpaired) electrons. The molecule has 2 heterocycles. The van der Waals surface area contributed by atoms with E-state index in [2.05, 4.69) is 15.5 Å². The molecule has 0 atom stereocenters. The van der Waals surface area contributed by atoms with E-state index < -0.39 is 0 Å². The second-order valence-electron chi connectivity index (χ2n) is 6.13. The number of rotatable bonds is 5. The van der Waals surface area contributed by atoms with Gasteiger partial charge < -0.3 is 5.32 Å². The number of nitrogens with zero attached hydrogens (tertiary/aromatic N) is 3. The fraction of sp³-hybridized carbons (Fsp3) is 0.0476. The van der Waals surface area contributed by atoms with Crippen LogP contribution in [0.15, 0.2) is 72.1 Å². The Morgan fingerprint density at radius 3 is 2.45 bits per heavy atom. The SMILES string of the molecule is O=C(Cc1nnc(-c2ccccc2Cl)n1C(=O)c1cccs1)Nc1ccccc1. The summed E-state index contributed by atoms with van der Waals surface area (Å²) in [5.74, 6) is -0.0553. The zero-order chi connectivity index (χ0) is 20.2. The van der Waals surface area contributed by atoms with E-state index in [0.717, 1.165) is 0 Å². The molecular weight excluding hydrogens is 408 g/mol. The van der Waals surface area contributed by atoms with Crippen LogP contribution in [0, 0.1) is 0 Å². The number of anilines is 1. The summed E-state index contributed by atoms with van der Waals surface area (Å²) in [6.07, 6.45) is -0.108. The number of carbonyl (C=O) groups is 2. The summed E-state index contributed by atoms with van der Waals surface area (Å²) in [7, 11) is 0. The molecule has 1 amide bonds. The van der Waals surface area contributed by atoms with Crippen LogP contribution in [-0.2, 0) is 11.2 Å². The highest BCUT2D eigenvalue weighted by atomic mass is 35.5. The molecule has 0 saturated carbocycles. The molecule has 4 rings (SSSR count). The zero-order valence-corrected chi connectivity index (χ0v) is 16.7. The van der Waals surface area contributed by atoms with Gasteiger partial charge >= 0.3 is 0 Å². The average molecular weight is 423 g/mol. The summed E-state index contributed by atoms with van der Waals surface area (Å²) < 4.78 is 1.36. The number of amides is 1. The molecule has 0 bridgehead atoms. The number of carbonyl (C=O) groups excluding carboxylic acids is 2. The first-order valence-corrected chi connectivity index (χ1v) is 10.0. The molecular formula is C21H15ClN4O2S. The molecule has 4 aromatic rings. The average Bonchev–Trinajstić information content (AvgIpc) is 3.39. The summed E-state index contributed by atoms with van der Waals surface area (Å²) in [6, 6.07) is 19.7. The van der Waals surface area contributed by atoms with Crippen molar-refractivity contribution in [3.05, 3.63) is 87.8 Å². The first kappa shape index (κ1) is 19.0. The zero-order valence-electron chi connectivity index (χ0n) is 15.1. The van der Waals surface area contributed by atoms with Crippen molar-refractivity contribution in [3.8, 4) is 11.4 Å². The van der Waals surface area contributed by atoms with Crippen molar-refractivity contribution in [1.29, 1.82) is 0 Å². The van der Waals surface area contributed by atoms with Crippen LogP contribution >= 0.6 is 22.9 Å². The van der Waals surface area contributed by atoms with Crippen LogP contribution in [0.5, 0.6) is 0 Å². The molecule has 29 heavy (non-hydrogen) atoms. The number of aromatic nitrogens is 3. The minimum atomic E-state index is -0.303. The summed E-state index contributed by atoms with van der Waals surface area (Å²) in [5, 5.41) is 13.3. The number of thiophene rings is 1. The lowest BCUT2D eigenvalue weighted by molar-refractivity contribution is -0.115. The first-order valence-electron chi connectivity index (χ1n) is 8.76. The molecule has 0 aliphatic rings. The fourth-order valence-corrected chi connectivity index (χ4v) is 3.72. The van der Waals surface area contributed by atoms with Crippen molar-refractivity contribution in [3.63, 3.8) is 0 Å². The molecule has 0 aliphatic heterocycles. The van der Waals surface area contributed by atoms with Gasteiger partial charge in [0.05, 0.1) is 16.3 Å². The maximum Gasteiger partial charge on any atom is 0.275 e. The molecule has 2 aromatic carbocycles. The maximum atomic E-state index is 13.2. The third kappa shape index (κ3) is 4.11. The van der Waals surface area contributed by atoms with Crippen molar-refractivity contribution in [2.45, 2.75) is 6.42 Å². The van der Waals surface area contributed by atoms with E-state index in [9.17, 15) is 9.59 Å². The van der Waals surface area contributed by atoms with E-state index in [0.29, 0.717) is 27.0 Å². The molecule has 0 saturated heterocycles. The smallest absolute Gasteiger partial charge is 0.275 e. The Hall–Kier alpha value is -3.29. The quantitative estimate of drug-likeness (QED) is 0.512. The second kappa shape index (κ2) is 8.38. The van der Waals surface area contributed by atoms with Crippen molar-refractivity contribution in [2.24, 2.45) is 0 Å². The number of para-hydroxylation sites is 1. The Morgan fingerprint density at radius 1 is 0.966 bits per heavy atom. The molecule has 8 heteroatoms. The summed E-state index contributed by atoms with van der Waals surface area (Å²) in [6.45, 7) is 0. The van der Waals surface area contributed by atoms with E-state index in [1.807, 2.05) is 23.6 Å². The van der Waals surface area contributed by atoms with Crippen LogP contribution in [0.2, 0.25) is 5.02 Å². The lowest BCUT2D eigenvalue weighted by Gasteiger charge is -2.09. The van der Waals surface area contributed by atoms with Gasteiger partial charge in [-0.25, -0.2) is 4.57 Å². The fourth-order valence-electron chi connectivity index (χ4n) is 2.84. The third-order valence-electron chi connectivity index (χ3n) is 4.16. The van der Waals surface area contributed by atoms with Gasteiger partial charge in [0.15, 0.2) is 5.82 Å². The Kier molecular flexibility index (Phi) is 5.50. The largest absolute Gasteiger partial charge is 0.326 e. The molecule has 0 unspecified atom stereocenters. The van der Waals surface area contributed by atoms with Crippen LogP contribution in [0.4, 0.5) is 5.69 Å². The minimum Gasteiger partial charge on any atom is -0.326 e. The molecule has 0 aliphatic carbocycles. The van der Waals surface area contributed by atoms with Gasteiger partial charge in [0.2, 0.25) is 5.91 Å². The van der Waals surface area contributed by atoms with Crippen molar-refractivity contribution in [1.82, 2.24) is 14.8 Å². The summed E-state index contributed by atoms with van der Waals surface area (Å²) >= 11 is 7.62. The number of halogens is 1. The van der Waals surface area contributed by atoms with Crippen molar-refractivity contribution in [2.75, 3.05) is 5.32 Å². The summed E-state index contributed by atoms with van der Waals surface area (Å²) in [4.78, 5) is 26.2. The third-order valence-corrected chi connectivity index (χ3v) is 5.34. The minimum absolute atomic E-state index is 0.108. The van der Waals surface area contributed by atoms with Gasteiger partial charge in [-0.1, -0.05) is 48.0 Å². The summed E-state index contributed by atoms with van der Waals surface area (Å²) in [5.41, 5.74) is 1.24. The van der Waals surface area contributed by atoms with Gasteiger partial charge in [0.25, 0.3) is 5.91 Å². The highest BCUT2D eigenvalue weighted by Crippen LogP contribution is 2.28. The normalized spacial score (nSPS) is 10.7.